The van der Waals surface area contributed by atoms with E-state index in [0.29, 0.717) is 12.1 Å². The molecule has 0 radical (unpaired) electrons. The van der Waals surface area contributed by atoms with E-state index in [1.165, 1.54) is 12.1 Å². The minimum Gasteiger partial charge on any atom is -0.478 e. The summed E-state index contributed by atoms with van der Waals surface area (Å²) in [5.41, 5.74) is 0.311. The van der Waals surface area contributed by atoms with E-state index in [0.717, 1.165) is 18.9 Å². The zero-order chi connectivity index (χ0) is 17.5. The number of hydrogen-bond donors (Lipinski definition) is 4. The van der Waals surface area contributed by atoms with Gasteiger partial charge in [-0.3, -0.25) is 0 Å². The number of benzene rings is 1. The summed E-state index contributed by atoms with van der Waals surface area (Å²) in [7, 11) is -3.80. The van der Waals surface area contributed by atoms with Crippen LogP contribution < -0.4 is 10.0 Å². The molecule has 0 fully saturated rings. The van der Waals surface area contributed by atoms with E-state index in [2.05, 4.69) is 10.0 Å². The van der Waals surface area contributed by atoms with Crippen molar-refractivity contribution < 1.29 is 23.4 Å². The first kappa shape index (κ1) is 19.4. The number of anilines is 1. The molecule has 0 unspecified atom stereocenters. The molecule has 1 aromatic carbocycles. The Labute approximate surface area is 136 Å². The SMILES string of the molecule is CCC[C@@H](C)Nc1ccc(S(=O)(=O)NCCCO)cc1C(=O)O. The Balaban J connectivity index is 3.05. The maximum Gasteiger partial charge on any atom is 0.337 e. The maximum atomic E-state index is 12.1. The molecule has 0 aliphatic carbocycles. The summed E-state index contributed by atoms with van der Waals surface area (Å²) in [6.45, 7) is 3.94. The number of carboxylic acids is 1. The Kier molecular flexibility index (Phi) is 7.47. The number of sulfonamides is 1. The summed E-state index contributed by atoms with van der Waals surface area (Å²) in [5, 5.41) is 21.1. The van der Waals surface area contributed by atoms with Crippen molar-refractivity contribution in [3.05, 3.63) is 23.8 Å². The monoisotopic (exact) mass is 344 g/mol. The molecule has 1 aromatic rings. The molecule has 1 atom stereocenters. The lowest BCUT2D eigenvalue weighted by atomic mass is 10.1. The van der Waals surface area contributed by atoms with Crippen molar-refractivity contribution in [1.29, 1.82) is 0 Å². The van der Waals surface area contributed by atoms with Crippen molar-refractivity contribution >= 4 is 21.7 Å². The van der Waals surface area contributed by atoms with E-state index in [1.54, 1.807) is 0 Å². The second-order valence-electron chi connectivity index (χ2n) is 5.32. The van der Waals surface area contributed by atoms with Crippen LogP contribution in [0.15, 0.2) is 23.1 Å². The van der Waals surface area contributed by atoms with Crippen molar-refractivity contribution in [1.82, 2.24) is 4.72 Å². The molecule has 0 aliphatic heterocycles. The number of hydrogen-bond acceptors (Lipinski definition) is 5. The van der Waals surface area contributed by atoms with Gasteiger partial charge in [0.05, 0.1) is 10.5 Å². The molecule has 0 saturated heterocycles. The smallest absolute Gasteiger partial charge is 0.337 e. The molecule has 0 spiro atoms. The predicted molar refractivity (Wildman–Crippen MR) is 88.3 cm³/mol. The van der Waals surface area contributed by atoms with Crippen LogP contribution >= 0.6 is 0 Å². The molecule has 0 bridgehead atoms. The highest BCUT2D eigenvalue weighted by atomic mass is 32.2. The van der Waals surface area contributed by atoms with E-state index in [4.69, 9.17) is 5.11 Å². The Morgan fingerprint density at radius 3 is 2.61 bits per heavy atom. The summed E-state index contributed by atoms with van der Waals surface area (Å²) < 4.78 is 26.5. The van der Waals surface area contributed by atoms with Crippen molar-refractivity contribution in [2.24, 2.45) is 0 Å². The van der Waals surface area contributed by atoms with Gasteiger partial charge in [-0.05, 0) is 38.0 Å². The van der Waals surface area contributed by atoms with Gasteiger partial charge in [0.25, 0.3) is 0 Å². The predicted octanol–water partition coefficient (Wildman–Crippen LogP) is 1.65. The summed E-state index contributed by atoms with van der Waals surface area (Å²) in [4.78, 5) is 11.3. The van der Waals surface area contributed by atoms with Gasteiger partial charge in [0.1, 0.15) is 0 Å². The Hall–Kier alpha value is -1.64. The largest absolute Gasteiger partial charge is 0.478 e. The van der Waals surface area contributed by atoms with E-state index in [9.17, 15) is 18.3 Å². The molecule has 4 N–H and O–H groups in total. The van der Waals surface area contributed by atoms with Gasteiger partial charge in [-0.15, -0.1) is 0 Å². The Bertz CT molecular complexity index is 631. The zero-order valence-corrected chi connectivity index (χ0v) is 14.2. The lowest BCUT2D eigenvalue weighted by molar-refractivity contribution is 0.0697. The van der Waals surface area contributed by atoms with E-state index in [1.807, 2.05) is 13.8 Å². The second-order valence-corrected chi connectivity index (χ2v) is 7.09. The van der Waals surface area contributed by atoms with Gasteiger partial charge < -0.3 is 15.5 Å². The van der Waals surface area contributed by atoms with Gasteiger partial charge in [0.2, 0.25) is 10.0 Å². The first-order chi connectivity index (χ1) is 10.8. The van der Waals surface area contributed by atoms with Crippen LogP contribution in [0.2, 0.25) is 0 Å². The van der Waals surface area contributed by atoms with Gasteiger partial charge in [-0.1, -0.05) is 13.3 Å². The molecular weight excluding hydrogens is 320 g/mol. The van der Waals surface area contributed by atoms with Gasteiger partial charge in [0.15, 0.2) is 0 Å². The Morgan fingerprint density at radius 2 is 2.04 bits per heavy atom. The molecule has 0 heterocycles. The average Bonchev–Trinajstić information content (AvgIpc) is 2.47. The van der Waals surface area contributed by atoms with Gasteiger partial charge in [0, 0.05) is 24.9 Å². The molecule has 0 aliphatic rings. The quantitative estimate of drug-likeness (QED) is 0.480. The number of aliphatic hydroxyl groups is 1. The second kappa shape index (κ2) is 8.85. The van der Waals surface area contributed by atoms with Crippen LogP contribution in [-0.2, 0) is 10.0 Å². The highest BCUT2D eigenvalue weighted by Crippen LogP contribution is 2.22. The summed E-state index contributed by atoms with van der Waals surface area (Å²) in [6.07, 6.45) is 2.12. The highest BCUT2D eigenvalue weighted by molar-refractivity contribution is 7.89. The third kappa shape index (κ3) is 5.81. The number of carbonyl (C=O) groups is 1. The molecule has 23 heavy (non-hydrogen) atoms. The molecule has 130 valence electrons. The first-order valence-corrected chi connectivity index (χ1v) is 9.04. The highest BCUT2D eigenvalue weighted by Gasteiger charge is 2.19. The van der Waals surface area contributed by atoms with Crippen molar-refractivity contribution in [3.8, 4) is 0 Å². The van der Waals surface area contributed by atoms with Crippen LogP contribution in [0.5, 0.6) is 0 Å². The zero-order valence-electron chi connectivity index (χ0n) is 13.4. The van der Waals surface area contributed by atoms with Crippen LogP contribution in [0.4, 0.5) is 5.69 Å². The Morgan fingerprint density at radius 1 is 1.35 bits per heavy atom. The summed E-state index contributed by atoms with van der Waals surface area (Å²) in [5.74, 6) is -1.19. The van der Waals surface area contributed by atoms with E-state index >= 15 is 0 Å². The lowest BCUT2D eigenvalue weighted by Gasteiger charge is -2.17. The number of aromatic carboxylic acids is 1. The topological polar surface area (TPSA) is 116 Å². The average molecular weight is 344 g/mol. The maximum absolute atomic E-state index is 12.1. The fourth-order valence-corrected chi connectivity index (χ4v) is 3.23. The molecule has 0 aromatic heterocycles. The van der Waals surface area contributed by atoms with Gasteiger partial charge in [-0.2, -0.15) is 0 Å². The van der Waals surface area contributed by atoms with Gasteiger partial charge in [-0.25, -0.2) is 17.9 Å². The van der Waals surface area contributed by atoms with Crippen molar-refractivity contribution in [3.63, 3.8) is 0 Å². The molecule has 1 rings (SSSR count). The standard InChI is InChI=1S/C15H24N2O5S/c1-3-5-11(2)17-14-7-6-12(10-13(14)15(19)20)23(21,22)16-8-4-9-18/h6-7,10-11,16-18H,3-5,8-9H2,1-2H3,(H,19,20)/t11-/m1/s1. The van der Waals surface area contributed by atoms with Crippen LogP contribution in [0.3, 0.4) is 0 Å². The molecule has 8 heteroatoms. The van der Waals surface area contributed by atoms with Crippen molar-refractivity contribution in [2.75, 3.05) is 18.5 Å². The molecular formula is C15H24N2O5S. The van der Waals surface area contributed by atoms with Crippen LogP contribution in [0.1, 0.15) is 43.5 Å². The number of nitrogens with one attached hydrogen (secondary N) is 2. The fraction of sp³-hybridized carbons (Fsp3) is 0.533. The number of carboxylic acid groups (broad SMARTS) is 1. The van der Waals surface area contributed by atoms with E-state index < -0.39 is 16.0 Å². The van der Waals surface area contributed by atoms with E-state index in [-0.39, 0.29) is 29.7 Å². The number of aliphatic hydroxyl groups excluding tert-OH is 1. The fourth-order valence-electron chi connectivity index (χ4n) is 2.13. The van der Waals surface area contributed by atoms with Crippen LogP contribution in [-0.4, -0.2) is 43.8 Å². The van der Waals surface area contributed by atoms with Crippen LogP contribution in [0.25, 0.3) is 0 Å². The normalized spacial score (nSPS) is 12.8. The summed E-state index contributed by atoms with van der Waals surface area (Å²) >= 11 is 0. The number of rotatable bonds is 10. The molecule has 7 nitrogen and oxygen atoms in total. The van der Waals surface area contributed by atoms with Crippen molar-refractivity contribution in [2.45, 2.75) is 44.0 Å². The lowest BCUT2D eigenvalue weighted by Crippen LogP contribution is -2.26. The first-order valence-electron chi connectivity index (χ1n) is 7.56. The third-order valence-corrected chi connectivity index (χ3v) is 4.74. The minimum atomic E-state index is -3.80. The molecule has 0 saturated carbocycles. The molecule has 0 amide bonds. The third-order valence-electron chi connectivity index (χ3n) is 3.28. The minimum absolute atomic E-state index is 0.0852. The van der Waals surface area contributed by atoms with Crippen LogP contribution in [0, 0.1) is 0 Å². The van der Waals surface area contributed by atoms with Gasteiger partial charge >= 0.3 is 5.97 Å². The summed E-state index contributed by atoms with van der Waals surface area (Å²) in [6, 6.07) is 4.07.